The number of nitrogens with zero attached hydrogens (tertiary/aromatic N) is 1. The highest BCUT2D eigenvalue weighted by atomic mass is 79.9. The Kier molecular flexibility index (Phi) is 3.80. The van der Waals surface area contributed by atoms with E-state index in [0.29, 0.717) is 16.1 Å². The molecule has 0 aliphatic heterocycles. The van der Waals surface area contributed by atoms with Crippen molar-refractivity contribution in [3.05, 3.63) is 50.8 Å². The maximum absolute atomic E-state index is 12.0. The first kappa shape index (κ1) is 12.8. The van der Waals surface area contributed by atoms with Gasteiger partial charge in [-0.05, 0) is 42.1 Å². The molecular weight excluding hydrogens is 312 g/mol. The summed E-state index contributed by atoms with van der Waals surface area (Å²) in [5, 5.41) is 14.0. The van der Waals surface area contributed by atoms with Crippen molar-refractivity contribution in [1.29, 1.82) is 5.26 Å². The van der Waals surface area contributed by atoms with Crippen LogP contribution in [-0.4, -0.2) is 5.91 Å². The number of nitrogens with one attached hydrogen (secondary N) is 1. The first-order chi connectivity index (χ1) is 8.60. The number of anilines is 1. The number of hydrogen-bond acceptors (Lipinski definition) is 3. The molecule has 0 atom stereocenters. The second-order valence-electron chi connectivity index (χ2n) is 3.75. The molecule has 0 radical (unpaired) electrons. The van der Waals surface area contributed by atoms with Gasteiger partial charge in [0.25, 0.3) is 5.91 Å². The number of halogens is 1. The zero-order valence-corrected chi connectivity index (χ0v) is 11.9. The molecule has 0 saturated heterocycles. The van der Waals surface area contributed by atoms with Crippen LogP contribution in [0.4, 0.5) is 5.00 Å². The third-order valence-corrected chi connectivity index (χ3v) is 3.60. The Morgan fingerprint density at radius 2 is 2.22 bits per heavy atom. The molecule has 1 amide bonds. The Morgan fingerprint density at radius 3 is 2.89 bits per heavy atom. The molecule has 5 heteroatoms. The Morgan fingerprint density at radius 1 is 1.44 bits per heavy atom. The molecule has 1 aromatic heterocycles. The molecule has 1 N–H and O–H groups in total. The molecule has 0 spiro atoms. The SMILES string of the molecule is Cc1cc(Br)cc(C(=O)Nc2sccc2C#N)c1. The van der Waals surface area contributed by atoms with E-state index >= 15 is 0 Å². The van der Waals surface area contributed by atoms with E-state index in [1.165, 1.54) is 11.3 Å². The Labute approximate surface area is 117 Å². The normalized spacial score (nSPS) is 9.83. The van der Waals surface area contributed by atoms with Crippen molar-refractivity contribution in [1.82, 2.24) is 0 Å². The maximum atomic E-state index is 12.0. The molecule has 1 aromatic carbocycles. The summed E-state index contributed by atoms with van der Waals surface area (Å²) in [6.45, 7) is 1.92. The van der Waals surface area contributed by atoms with Crippen LogP contribution in [0.15, 0.2) is 34.1 Å². The quantitative estimate of drug-likeness (QED) is 0.911. The second-order valence-corrected chi connectivity index (χ2v) is 5.58. The molecule has 0 unspecified atom stereocenters. The number of carbonyl (C=O) groups excluding carboxylic acids is 1. The molecule has 0 aliphatic rings. The molecule has 0 aliphatic carbocycles. The van der Waals surface area contributed by atoms with E-state index in [9.17, 15) is 4.79 Å². The zero-order chi connectivity index (χ0) is 13.1. The first-order valence-electron chi connectivity index (χ1n) is 5.16. The summed E-state index contributed by atoms with van der Waals surface area (Å²) in [4.78, 5) is 12.0. The molecule has 90 valence electrons. The maximum Gasteiger partial charge on any atom is 0.256 e. The highest BCUT2D eigenvalue weighted by Gasteiger charge is 2.11. The van der Waals surface area contributed by atoms with Gasteiger partial charge in [-0.15, -0.1) is 11.3 Å². The first-order valence-corrected chi connectivity index (χ1v) is 6.83. The van der Waals surface area contributed by atoms with Crippen molar-refractivity contribution < 1.29 is 4.79 Å². The van der Waals surface area contributed by atoms with Crippen molar-refractivity contribution in [2.45, 2.75) is 6.92 Å². The predicted molar refractivity (Wildman–Crippen MR) is 75.9 cm³/mol. The average Bonchev–Trinajstić information content (AvgIpc) is 2.75. The van der Waals surface area contributed by atoms with Gasteiger partial charge in [-0.25, -0.2) is 0 Å². The summed E-state index contributed by atoms with van der Waals surface area (Å²) in [5.74, 6) is -0.210. The monoisotopic (exact) mass is 320 g/mol. The van der Waals surface area contributed by atoms with Gasteiger partial charge in [0, 0.05) is 10.0 Å². The average molecular weight is 321 g/mol. The van der Waals surface area contributed by atoms with Crippen LogP contribution in [-0.2, 0) is 0 Å². The minimum Gasteiger partial charge on any atom is -0.312 e. The number of carbonyl (C=O) groups is 1. The largest absolute Gasteiger partial charge is 0.312 e. The molecule has 1 heterocycles. The van der Waals surface area contributed by atoms with Crippen LogP contribution < -0.4 is 5.32 Å². The standard InChI is InChI=1S/C13H9BrN2OS/c1-8-4-10(6-11(14)5-8)12(17)16-13-9(7-15)2-3-18-13/h2-6H,1H3,(H,16,17). The topological polar surface area (TPSA) is 52.9 Å². The van der Waals surface area contributed by atoms with Crippen molar-refractivity contribution in [2.24, 2.45) is 0 Å². The van der Waals surface area contributed by atoms with Crippen molar-refractivity contribution in [2.75, 3.05) is 5.32 Å². The van der Waals surface area contributed by atoms with Crippen molar-refractivity contribution >= 4 is 38.2 Å². The summed E-state index contributed by atoms with van der Waals surface area (Å²) in [7, 11) is 0. The third kappa shape index (κ3) is 2.78. The van der Waals surface area contributed by atoms with E-state index in [1.54, 1.807) is 23.6 Å². The molecule has 3 nitrogen and oxygen atoms in total. The van der Waals surface area contributed by atoms with Crippen LogP contribution in [0.3, 0.4) is 0 Å². The lowest BCUT2D eigenvalue weighted by Gasteiger charge is -2.05. The molecule has 2 rings (SSSR count). The number of aryl methyl sites for hydroxylation is 1. The summed E-state index contributed by atoms with van der Waals surface area (Å²) in [6, 6.07) is 9.22. The highest BCUT2D eigenvalue weighted by molar-refractivity contribution is 9.10. The van der Waals surface area contributed by atoms with Gasteiger partial charge >= 0.3 is 0 Å². The van der Waals surface area contributed by atoms with Gasteiger partial charge in [-0.3, -0.25) is 4.79 Å². The fourth-order valence-corrected chi connectivity index (χ4v) is 2.88. The van der Waals surface area contributed by atoms with Crippen LogP contribution in [0, 0.1) is 18.3 Å². The van der Waals surface area contributed by atoms with Crippen LogP contribution in [0.2, 0.25) is 0 Å². The van der Waals surface area contributed by atoms with Crippen LogP contribution >= 0.6 is 27.3 Å². The highest BCUT2D eigenvalue weighted by Crippen LogP contribution is 2.23. The third-order valence-electron chi connectivity index (χ3n) is 2.32. The number of hydrogen-bond donors (Lipinski definition) is 1. The minimum absolute atomic E-state index is 0.210. The summed E-state index contributed by atoms with van der Waals surface area (Å²) >= 11 is 4.70. The van der Waals surface area contributed by atoms with Crippen LogP contribution in [0.25, 0.3) is 0 Å². The Hall–Kier alpha value is -1.64. The fourth-order valence-electron chi connectivity index (χ4n) is 1.54. The molecule has 0 saturated carbocycles. The summed E-state index contributed by atoms with van der Waals surface area (Å²) < 4.78 is 0.860. The zero-order valence-electron chi connectivity index (χ0n) is 9.53. The van der Waals surface area contributed by atoms with Gasteiger partial charge in [0.1, 0.15) is 11.1 Å². The minimum atomic E-state index is -0.210. The Bertz CT molecular complexity index is 622. The summed E-state index contributed by atoms with van der Waals surface area (Å²) in [5.41, 5.74) is 2.06. The van der Waals surface area contributed by atoms with E-state index in [4.69, 9.17) is 5.26 Å². The number of rotatable bonds is 2. The van der Waals surface area contributed by atoms with E-state index in [2.05, 4.69) is 21.2 Å². The predicted octanol–water partition coefficient (Wildman–Crippen LogP) is 3.94. The fraction of sp³-hybridized carbons (Fsp3) is 0.0769. The smallest absolute Gasteiger partial charge is 0.256 e. The van der Waals surface area contributed by atoms with Gasteiger partial charge < -0.3 is 5.32 Å². The van der Waals surface area contributed by atoms with E-state index < -0.39 is 0 Å². The van der Waals surface area contributed by atoms with E-state index in [-0.39, 0.29) is 5.91 Å². The van der Waals surface area contributed by atoms with Crippen molar-refractivity contribution in [3.8, 4) is 6.07 Å². The van der Waals surface area contributed by atoms with Gasteiger partial charge in [0.05, 0.1) is 5.56 Å². The molecule has 18 heavy (non-hydrogen) atoms. The molecule has 2 aromatic rings. The van der Waals surface area contributed by atoms with E-state index in [0.717, 1.165) is 10.0 Å². The lowest BCUT2D eigenvalue weighted by molar-refractivity contribution is 0.102. The van der Waals surface area contributed by atoms with Gasteiger partial charge in [0.15, 0.2) is 0 Å². The number of benzene rings is 1. The molecule has 0 fully saturated rings. The van der Waals surface area contributed by atoms with Crippen LogP contribution in [0.5, 0.6) is 0 Å². The Balaban J connectivity index is 2.25. The lowest BCUT2D eigenvalue weighted by Crippen LogP contribution is -2.11. The summed E-state index contributed by atoms with van der Waals surface area (Å²) in [6.07, 6.45) is 0. The lowest BCUT2D eigenvalue weighted by atomic mass is 10.1. The van der Waals surface area contributed by atoms with Gasteiger partial charge in [-0.1, -0.05) is 15.9 Å². The number of nitriles is 1. The van der Waals surface area contributed by atoms with Crippen LogP contribution in [0.1, 0.15) is 21.5 Å². The van der Waals surface area contributed by atoms with Gasteiger partial charge in [-0.2, -0.15) is 5.26 Å². The second kappa shape index (κ2) is 5.34. The molecular formula is C13H9BrN2OS. The molecule has 0 bridgehead atoms. The van der Waals surface area contributed by atoms with E-state index in [1.807, 2.05) is 19.1 Å². The number of amides is 1. The van der Waals surface area contributed by atoms with Gasteiger partial charge in [0.2, 0.25) is 0 Å². The van der Waals surface area contributed by atoms with Crippen molar-refractivity contribution in [3.63, 3.8) is 0 Å². The number of thiophene rings is 1.